The number of aryl methyl sites for hydroxylation is 1. The average molecular weight is 550 g/mol. The number of hydrogen-bond acceptors (Lipinski definition) is 4. The number of nitrogens with two attached hydrogens (primary N) is 1. The molecule has 0 radical (unpaired) electrons. The maximum absolute atomic E-state index is 14.2. The Hall–Kier alpha value is -3.46. The summed E-state index contributed by atoms with van der Waals surface area (Å²) < 4.78 is 14.0. The highest BCUT2D eigenvalue weighted by atomic mass is 19.1. The summed E-state index contributed by atoms with van der Waals surface area (Å²) in [6.07, 6.45) is 3.34. The van der Waals surface area contributed by atoms with Crippen LogP contribution in [0.4, 0.5) is 14.9 Å². The van der Waals surface area contributed by atoms with Gasteiger partial charge in [-0.25, -0.2) is 9.18 Å². The van der Waals surface area contributed by atoms with Crippen LogP contribution in [0, 0.1) is 11.7 Å². The van der Waals surface area contributed by atoms with Gasteiger partial charge in [-0.2, -0.15) is 0 Å². The van der Waals surface area contributed by atoms with E-state index in [4.69, 9.17) is 5.73 Å². The second-order valence-electron chi connectivity index (χ2n) is 11.9. The zero-order valence-corrected chi connectivity index (χ0v) is 23.6. The largest absolute Gasteiger partial charge is 0.351 e. The summed E-state index contributed by atoms with van der Waals surface area (Å²) in [6, 6.07) is 13.7. The Morgan fingerprint density at radius 1 is 1.07 bits per heavy atom. The van der Waals surface area contributed by atoms with Gasteiger partial charge in [0.05, 0.1) is 17.4 Å². The maximum Gasteiger partial charge on any atom is 0.315 e. The molecular weight excluding hydrogens is 509 g/mol. The number of primary amides is 1. The fourth-order valence-corrected chi connectivity index (χ4v) is 6.98. The molecule has 2 aromatic rings. The van der Waals surface area contributed by atoms with E-state index < -0.39 is 17.4 Å². The number of carbonyl (C=O) groups excluding carboxylic acids is 3. The molecule has 2 aromatic carbocycles. The summed E-state index contributed by atoms with van der Waals surface area (Å²) in [4.78, 5) is 45.4. The normalized spacial score (nSPS) is 23.4. The number of piperidine rings is 1. The Morgan fingerprint density at radius 2 is 1.77 bits per heavy atom. The molecule has 0 saturated carbocycles. The molecule has 3 aliphatic heterocycles. The Bertz CT molecular complexity index is 1260. The van der Waals surface area contributed by atoms with E-state index in [1.54, 1.807) is 11.0 Å². The van der Waals surface area contributed by atoms with Gasteiger partial charge in [-0.05, 0) is 82.3 Å². The van der Waals surface area contributed by atoms with Crippen molar-refractivity contribution in [1.82, 2.24) is 15.1 Å². The Labute approximate surface area is 235 Å². The Balaban J connectivity index is 1.34. The van der Waals surface area contributed by atoms with Gasteiger partial charge < -0.3 is 25.8 Å². The molecule has 0 spiro atoms. The number of fused-ring (bicyclic) bond motifs is 1. The van der Waals surface area contributed by atoms with E-state index in [1.165, 1.54) is 12.1 Å². The smallest absolute Gasteiger partial charge is 0.315 e. The van der Waals surface area contributed by atoms with E-state index in [9.17, 15) is 18.8 Å². The molecule has 214 valence electrons. The van der Waals surface area contributed by atoms with Crippen molar-refractivity contribution < 1.29 is 18.8 Å². The predicted octanol–water partition coefficient (Wildman–Crippen LogP) is 3.43. The monoisotopic (exact) mass is 549 g/mol. The van der Waals surface area contributed by atoms with Crippen LogP contribution in [0.15, 0.2) is 48.5 Å². The van der Waals surface area contributed by atoms with Crippen molar-refractivity contribution in [3.63, 3.8) is 0 Å². The van der Waals surface area contributed by atoms with Crippen LogP contribution < -0.4 is 16.0 Å². The van der Waals surface area contributed by atoms with E-state index >= 15 is 0 Å². The van der Waals surface area contributed by atoms with Gasteiger partial charge in [-0.1, -0.05) is 30.3 Å². The highest BCUT2D eigenvalue weighted by Crippen LogP contribution is 2.44. The lowest BCUT2D eigenvalue weighted by atomic mass is 9.86. The number of amides is 4. The lowest BCUT2D eigenvalue weighted by molar-refractivity contribution is -0.138. The molecular formula is C31H40FN5O3. The highest BCUT2D eigenvalue weighted by Gasteiger charge is 2.48. The number of benzene rings is 2. The van der Waals surface area contributed by atoms with Crippen molar-refractivity contribution in [2.24, 2.45) is 11.7 Å². The van der Waals surface area contributed by atoms with Crippen LogP contribution in [0.25, 0.3) is 0 Å². The van der Waals surface area contributed by atoms with Gasteiger partial charge >= 0.3 is 6.03 Å². The molecule has 3 atom stereocenters. The molecule has 0 aromatic heterocycles. The molecule has 2 fully saturated rings. The lowest BCUT2D eigenvalue weighted by Crippen LogP contribution is -2.56. The van der Waals surface area contributed by atoms with Crippen molar-refractivity contribution in [2.75, 3.05) is 31.6 Å². The van der Waals surface area contributed by atoms with Gasteiger partial charge in [0.25, 0.3) is 0 Å². The molecule has 3 N–H and O–H groups in total. The van der Waals surface area contributed by atoms with E-state index in [-0.39, 0.29) is 35.8 Å². The second kappa shape index (κ2) is 11.2. The van der Waals surface area contributed by atoms with E-state index in [2.05, 4.69) is 17.4 Å². The van der Waals surface area contributed by atoms with Crippen molar-refractivity contribution in [3.8, 4) is 0 Å². The van der Waals surface area contributed by atoms with E-state index in [0.717, 1.165) is 24.1 Å². The topological polar surface area (TPSA) is 99.0 Å². The molecule has 40 heavy (non-hydrogen) atoms. The second-order valence-corrected chi connectivity index (χ2v) is 11.9. The number of anilines is 1. The standard InChI is InChI=1S/C31H40FN5O3/c1-31(2)24-19-21(32)10-12-26(24)37(29(31)39)22-13-16-35(17-14-22)28(38)23(11-9-20-7-5-4-6-8-20)27-25(34-3)15-18-36(27)30(33)40/h4-8,10,12,19,22-23,25,27,34H,9,11,13-18H2,1-3H3,(H2,33,40)/t23-,25?,27?/m0/s1. The minimum absolute atomic E-state index is 0.0175. The molecule has 2 unspecified atom stereocenters. The number of urea groups is 1. The van der Waals surface area contributed by atoms with E-state index in [0.29, 0.717) is 44.5 Å². The SMILES string of the molecule is CNC1CCN(C(N)=O)C1[C@H](CCc1ccccc1)C(=O)N1CCC(N2C(=O)C(C)(C)c3cc(F)ccc32)CC1. The summed E-state index contributed by atoms with van der Waals surface area (Å²) in [7, 11) is 1.87. The number of halogens is 1. The first-order valence-corrected chi connectivity index (χ1v) is 14.3. The predicted molar refractivity (Wildman–Crippen MR) is 152 cm³/mol. The molecule has 2 saturated heterocycles. The third kappa shape index (κ3) is 5.07. The zero-order chi connectivity index (χ0) is 28.6. The first-order chi connectivity index (χ1) is 19.1. The molecule has 9 heteroatoms. The van der Waals surface area contributed by atoms with Crippen LogP contribution >= 0.6 is 0 Å². The van der Waals surface area contributed by atoms with Gasteiger partial charge in [-0.15, -0.1) is 0 Å². The number of nitrogens with one attached hydrogen (secondary N) is 1. The van der Waals surface area contributed by atoms with Crippen LogP contribution in [-0.2, 0) is 21.4 Å². The molecule has 0 bridgehead atoms. The number of likely N-dealkylation sites (tertiary alicyclic amines) is 2. The minimum Gasteiger partial charge on any atom is -0.351 e. The van der Waals surface area contributed by atoms with Crippen molar-refractivity contribution >= 4 is 23.5 Å². The number of nitrogens with zero attached hydrogens (tertiary/aromatic N) is 3. The number of carbonyl (C=O) groups is 3. The van der Waals surface area contributed by atoms with Crippen LogP contribution in [0.5, 0.6) is 0 Å². The van der Waals surface area contributed by atoms with Gasteiger partial charge in [0.2, 0.25) is 11.8 Å². The van der Waals surface area contributed by atoms with Crippen LogP contribution in [0.1, 0.15) is 50.7 Å². The molecule has 3 heterocycles. The quantitative estimate of drug-likeness (QED) is 0.553. The third-order valence-electron chi connectivity index (χ3n) is 9.21. The molecule has 5 rings (SSSR count). The number of hydrogen-bond donors (Lipinski definition) is 2. The van der Waals surface area contributed by atoms with Crippen LogP contribution in [0.3, 0.4) is 0 Å². The summed E-state index contributed by atoms with van der Waals surface area (Å²) in [5.74, 6) is -0.748. The van der Waals surface area contributed by atoms with Gasteiger partial charge in [0, 0.05) is 37.4 Å². The minimum atomic E-state index is -0.796. The van der Waals surface area contributed by atoms with Gasteiger partial charge in [-0.3, -0.25) is 9.59 Å². The fourth-order valence-electron chi connectivity index (χ4n) is 6.98. The number of likely N-dealkylation sites (N-methyl/N-ethyl adjacent to an activating group) is 1. The number of rotatable bonds is 7. The zero-order valence-electron chi connectivity index (χ0n) is 23.6. The van der Waals surface area contributed by atoms with Crippen LogP contribution in [0.2, 0.25) is 0 Å². The molecule has 3 aliphatic rings. The summed E-state index contributed by atoms with van der Waals surface area (Å²) in [5.41, 5.74) is 7.60. The summed E-state index contributed by atoms with van der Waals surface area (Å²) >= 11 is 0. The van der Waals surface area contributed by atoms with Crippen LogP contribution in [-0.4, -0.2) is 72.5 Å². The Kier molecular flexibility index (Phi) is 7.86. The summed E-state index contributed by atoms with van der Waals surface area (Å²) in [5, 5.41) is 3.31. The first-order valence-electron chi connectivity index (χ1n) is 14.3. The Morgan fingerprint density at radius 3 is 2.42 bits per heavy atom. The first kappa shape index (κ1) is 28.1. The average Bonchev–Trinajstić information content (AvgIpc) is 3.46. The van der Waals surface area contributed by atoms with Crippen molar-refractivity contribution in [3.05, 3.63) is 65.5 Å². The van der Waals surface area contributed by atoms with Gasteiger partial charge in [0.15, 0.2) is 0 Å². The van der Waals surface area contributed by atoms with Gasteiger partial charge in [0.1, 0.15) is 5.82 Å². The van der Waals surface area contributed by atoms with E-state index in [1.807, 2.05) is 48.9 Å². The highest BCUT2D eigenvalue weighted by molar-refractivity contribution is 6.08. The maximum atomic E-state index is 14.2. The van der Waals surface area contributed by atoms with Crippen molar-refractivity contribution in [1.29, 1.82) is 0 Å². The lowest BCUT2D eigenvalue weighted by Gasteiger charge is -2.41. The van der Waals surface area contributed by atoms with Crippen molar-refractivity contribution in [2.45, 2.75) is 69.5 Å². The molecule has 8 nitrogen and oxygen atoms in total. The fraction of sp³-hybridized carbons (Fsp3) is 0.516. The third-order valence-corrected chi connectivity index (χ3v) is 9.21. The molecule has 0 aliphatic carbocycles. The molecule has 4 amide bonds. The summed E-state index contributed by atoms with van der Waals surface area (Å²) in [6.45, 7) is 5.23.